The number of carbonyl (C=O) groups is 1. The lowest BCUT2D eigenvalue weighted by atomic mass is 10.2. The van der Waals surface area contributed by atoms with Crippen LogP contribution < -0.4 is 10.9 Å². The van der Waals surface area contributed by atoms with Crippen LogP contribution >= 0.6 is 15.9 Å². The first-order chi connectivity index (χ1) is 12.6. The van der Waals surface area contributed by atoms with Gasteiger partial charge >= 0.3 is 0 Å². The van der Waals surface area contributed by atoms with E-state index in [-0.39, 0.29) is 18.0 Å². The summed E-state index contributed by atoms with van der Waals surface area (Å²) in [6.45, 7) is 1.28. The molecule has 1 aromatic carbocycles. The summed E-state index contributed by atoms with van der Waals surface area (Å²) in [5.41, 5.74) is 1.23. The molecule has 26 heavy (non-hydrogen) atoms. The molecule has 0 saturated carbocycles. The van der Waals surface area contributed by atoms with E-state index in [9.17, 15) is 9.59 Å². The van der Waals surface area contributed by atoms with Crippen LogP contribution in [-0.4, -0.2) is 25.0 Å². The summed E-state index contributed by atoms with van der Waals surface area (Å²) in [7, 11) is 0. The number of hydrogen-bond donors (Lipinski definition) is 1. The van der Waals surface area contributed by atoms with Crippen molar-refractivity contribution in [3.63, 3.8) is 0 Å². The van der Waals surface area contributed by atoms with Crippen molar-refractivity contribution in [3.05, 3.63) is 57.1 Å². The predicted octanol–water partition coefficient (Wildman–Crippen LogP) is 2.01. The monoisotopic (exact) mass is 415 g/mol. The minimum Gasteiger partial charge on any atom is -0.349 e. The molecule has 4 rings (SSSR count). The maximum Gasteiger partial charge on any atom is 0.261 e. The number of halogens is 1. The van der Waals surface area contributed by atoms with Gasteiger partial charge in [0.2, 0.25) is 5.91 Å². The fourth-order valence-electron chi connectivity index (χ4n) is 3.20. The Balaban J connectivity index is 1.45. The number of fused-ring (bicyclic) bond motifs is 2. The average molecular weight is 416 g/mol. The fraction of sp³-hybridized carbons (Fsp3) is 0.333. The SMILES string of the molecule is O=C(Cn1cnc2ccc(Br)cc2c1=O)NCc1cn2c(n1)CCCC2. The third-order valence-electron chi connectivity index (χ3n) is 4.53. The van der Waals surface area contributed by atoms with Gasteiger partial charge in [-0.1, -0.05) is 15.9 Å². The summed E-state index contributed by atoms with van der Waals surface area (Å²) in [5.74, 6) is 0.843. The molecule has 1 amide bonds. The summed E-state index contributed by atoms with van der Waals surface area (Å²) in [6, 6.07) is 5.32. The number of amides is 1. The number of imidazole rings is 1. The molecule has 1 N–H and O–H groups in total. The Kier molecular flexibility index (Phi) is 4.58. The Bertz CT molecular complexity index is 1020. The first-order valence-corrected chi connectivity index (χ1v) is 9.36. The Morgan fingerprint density at radius 3 is 3.04 bits per heavy atom. The van der Waals surface area contributed by atoms with Crippen LogP contribution in [0.25, 0.3) is 10.9 Å². The summed E-state index contributed by atoms with van der Waals surface area (Å²) in [5, 5.41) is 3.31. The summed E-state index contributed by atoms with van der Waals surface area (Å²) in [6.07, 6.45) is 6.73. The van der Waals surface area contributed by atoms with Crippen LogP contribution in [0.1, 0.15) is 24.4 Å². The zero-order chi connectivity index (χ0) is 18.1. The lowest BCUT2D eigenvalue weighted by Gasteiger charge is -2.11. The van der Waals surface area contributed by atoms with Crippen molar-refractivity contribution >= 4 is 32.7 Å². The number of rotatable bonds is 4. The van der Waals surface area contributed by atoms with Crippen molar-refractivity contribution in [3.8, 4) is 0 Å². The van der Waals surface area contributed by atoms with Gasteiger partial charge in [0, 0.05) is 23.6 Å². The van der Waals surface area contributed by atoms with Crippen molar-refractivity contribution in [2.24, 2.45) is 0 Å². The first-order valence-electron chi connectivity index (χ1n) is 8.56. The molecule has 0 saturated heterocycles. The molecule has 0 unspecified atom stereocenters. The summed E-state index contributed by atoms with van der Waals surface area (Å²) >= 11 is 3.35. The van der Waals surface area contributed by atoms with E-state index in [1.807, 2.05) is 12.3 Å². The third kappa shape index (κ3) is 3.41. The molecule has 3 heterocycles. The van der Waals surface area contributed by atoms with Gasteiger partial charge < -0.3 is 9.88 Å². The molecule has 8 heteroatoms. The largest absolute Gasteiger partial charge is 0.349 e. The van der Waals surface area contributed by atoms with Crippen molar-refractivity contribution in [1.29, 1.82) is 0 Å². The zero-order valence-electron chi connectivity index (χ0n) is 14.1. The van der Waals surface area contributed by atoms with Gasteiger partial charge in [-0.05, 0) is 31.0 Å². The molecular weight excluding hydrogens is 398 g/mol. The van der Waals surface area contributed by atoms with E-state index < -0.39 is 0 Å². The van der Waals surface area contributed by atoms with Gasteiger partial charge in [0.15, 0.2) is 0 Å². The molecular formula is C18H18BrN5O2. The third-order valence-corrected chi connectivity index (χ3v) is 5.02. The van der Waals surface area contributed by atoms with E-state index in [4.69, 9.17) is 0 Å². The number of nitrogens with one attached hydrogen (secondary N) is 1. The molecule has 0 bridgehead atoms. The van der Waals surface area contributed by atoms with Crippen LogP contribution in [0, 0.1) is 0 Å². The van der Waals surface area contributed by atoms with Crippen molar-refractivity contribution in [2.75, 3.05) is 0 Å². The Labute approximate surface area is 158 Å². The van der Waals surface area contributed by atoms with Crippen molar-refractivity contribution in [1.82, 2.24) is 24.4 Å². The van der Waals surface area contributed by atoms with E-state index in [2.05, 4.69) is 35.8 Å². The Morgan fingerprint density at radius 2 is 2.19 bits per heavy atom. The number of aromatic nitrogens is 4. The number of aryl methyl sites for hydroxylation is 2. The van der Waals surface area contributed by atoms with Gasteiger partial charge in [-0.25, -0.2) is 9.97 Å². The second-order valence-corrected chi connectivity index (χ2v) is 7.33. The van der Waals surface area contributed by atoms with E-state index in [1.165, 1.54) is 17.3 Å². The Morgan fingerprint density at radius 1 is 1.31 bits per heavy atom. The van der Waals surface area contributed by atoms with Crippen LogP contribution in [-0.2, 0) is 30.8 Å². The van der Waals surface area contributed by atoms with Gasteiger partial charge in [-0.15, -0.1) is 0 Å². The Hall–Kier alpha value is -2.48. The first kappa shape index (κ1) is 17.0. The summed E-state index contributed by atoms with van der Waals surface area (Å²) in [4.78, 5) is 33.6. The van der Waals surface area contributed by atoms with Crippen LogP contribution in [0.15, 0.2) is 40.0 Å². The highest BCUT2D eigenvalue weighted by Gasteiger charge is 2.13. The van der Waals surface area contributed by atoms with Crippen LogP contribution in [0.5, 0.6) is 0 Å². The molecule has 0 fully saturated rings. The van der Waals surface area contributed by atoms with E-state index >= 15 is 0 Å². The predicted molar refractivity (Wildman–Crippen MR) is 101 cm³/mol. The van der Waals surface area contributed by atoms with Gasteiger partial charge in [-0.3, -0.25) is 14.2 Å². The average Bonchev–Trinajstić information content (AvgIpc) is 3.06. The molecule has 2 aromatic heterocycles. The molecule has 3 aromatic rings. The molecule has 0 radical (unpaired) electrons. The molecule has 0 aliphatic carbocycles. The van der Waals surface area contributed by atoms with E-state index in [0.29, 0.717) is 17.4 Å². The van der Waals surface area contributed by atoms with Gasteiger partial charge in [0.25, 0.3) is 5.56 Å². The van der Waals surface area contributed by atoms with Gasteiger partial charge in [0.05, 0.1) is 29.5 Å². The number of benzene rings is 1. The van der Waals surface area contributed by atoms with Crippen LogP contribution in [0.2, 0.25) is 0 Å². The molecule has 1 aliphatic rings. The maximum atomic E-state index is 12.5. The fourth-order valence-corrected chi connectivity index (χ4v) is 3.56. The smallest absolute Gasteiger partial charge is 0.261 e. The van der Waals surface area contributed by atoms with E-state index in [1.54, 1.807) is 12.1 Å². The number of nitrogens with zero attached hydrogens (tertiary/aromatic N) is 4. The summed E-state index contributed by atoms with van der Waals surface area (Å²) < 4.78 is 4.28. The minimum absolute atomic E-state index is 0.0676. The molecule has 1 aliphatic heterocycles. The topological polar surface area (TPSA) is 81.8 Å². The lowest BCUT2D eigenvalue weighted by Crippen LogP contribution is -2.32. The molecule has 7 nitrogen and oxygen atoms in total. The lowest BCUT2D eigenvalue weighted by molar-refractivity contribution is -0.121. The van der Waals surface area contributed by atoms with Crippen LogP contribution in [0.3, 0.4) is 0 Å². The second kappa shape index (κ2) is 7.03. The zero-order valence-corrected chi connectivity index (χ0v) is 15.7. The highest BCUT2D eigenvalue weighted by Crippen LogP contribution is 2.15. The highest BCUT2D eigenvalue weighted by atomic mass is 79.9. The molecule has 134 valence electrons. The number of hydrogen-bond acceptors (Lipinski definition) is 4. The highest BCUT2D eigenvalue weighted by molar-refractivity contribution is 9.10. The van der Waals surface area contributed by atoms with E-state index in [0.717, 1.165) is 35.4 Å². The minimum atomic E-state index is -0.241. The second-order valence-electron chi connectivity index (χ2n) is 6.41. The number of carbonyl (C=O) groups excluding carboxylic acids is 1. The van der Waals surface area contributed by atoms with Gasteiger partial charge in [0.1, 0.15) is 12.4 Å². The quantitative estimate of drug-likeness (QED) is 0.706. The molecule has 0 atom stereocenters. The van der Waals surface area contributed by atoms with Crippen molar-refractivity contribution in [2.45, 2.75) is 38.9 Å². The standard InChI is InChI=1S/C18H18BrN5O2/c19-12-4-5-15-14(7-12)18(26)24(11-21-15)10-17(25)20-8-13-9-23-6-2-1-3-16(23)22-13/h4-5,7,9,11H,1-3,6,8,10H2,(H,20,25). The molecule has 0 spiro atoms. The van der Waals surface area contributed by atoms with Crippen LogP contribution in [0.4, 0.5) is 0 Å². The normalized spacial score (nSPS) is 13.6. The van der Waals surface area contributed by atoms with Gasteiger partial charge in [-0.2, -0.15) is 0 Å². The maximum absolute atomic E-state index is 12.5. The van der Waals surface area contributed by atoms with Crippen molar-refractivity contribution < 1.29 is 4.79 Å².